The molecule has 190 valence electrons. The summed E-state index contributed by atoms with van der Waals surface area (Å²) in [6, 6.07) is 21.6. The molecule has 0 aromatic heterocycles. The Balaban J connectivity index is 1.94. The van der Waals surface area contributed by atoms with Gasteiger partial charge in [-0.05, 0) is 55.2 Å². The van der Waals surface area contributed by atoms with Gasteiger partial charge < -0.3 is 15.0 Å². The number of amides is 2. The lowest BCUT2D eigenvalue weighted by Crippen LogP contribution is -2.53. The third-order valence-electron chi connectivity index (χ3n) is 6.05. The van der Waals surface area contributed by atoms with E-state index in [2.05, 4.69) is 5.32 Å². The van der Waals surface area contributed by atoms with Crippen molar-refractivity contribution in [3.8, 4) is 5.75 Å². The van der Waals surface area contributed by atoms with E-state index in [4.69, 9.17) is 27.9 Å². The molecule has 36 heavy (non-hydrogen) atoms. The maximum Gasteiger partial charge on any atom is 0.261 e. The van der Waals surface area contributed by atoms with Gasteiger partial charge in [0.25, 0.3) is 5.91 Å². The van der Waals surface area contributed by atoms with Gasteiger partial charge in [0.15, 0.2) is 6.61 Å². The summed E-state index contributed by atoms with van der Waals surface area (Å²) in [7, 11) is 0. The fourth-order valence-electron chi connectivity index (χ4n) is 3.77. The van der Waals surface area contributed by atoms with Gasteiger partial charge in [-0.2, -0.15) is 0 Å². The highest BCUT2D eigenvalue weighted by Crippen LogP contribution is 2.25. The van der Waals surface area contributed by atoms with Crippen LogP contribution in [0.25, 0.3) is 0 Å². The second kappa shape index (κ2) is 13.3. The van der Waals surface area contributed by atoms with Crippen molar-refractivity contribution in [1.82, 2.24) is 10.2 Å². The van der Waals surface area contributed by atoms with E-state index in [9.17, 15) is 9.59 Å². The van der Waals surface area contributed by atoms with Crippen LogP contribution < -0.4 is 10.1 Å². The molecule has 0 heterocycles. The van der Waals surface area contributed by atoms with Crippen molar-refractivity contribution in [3.05, 3.63) is 99.5 Å². The molecule has 0 aliphatic carbocycles. The number of hydrogen-bond acceptors (Lipinski definition) is 3. The van der Waals surface area contributed by atoms with Gasteiger partial charge in [-0.3, -0.25) is 9.59 Å². The Hall–Kier alpha value is -3.02. The Bertz CT molecular complexity index is 1170. The zero-order valence-corrected chi connectivity index (χ0v) is 22.4. The van der Waals surface area contributed by atoms with E-state index in [1.165, 1.54) is 0 Å². The third kappa shape index (κ3) is 7.74. The summed E-state index contributed by atoms with van der Waals surface area (Å²) in [6.07, 6.45) is 1.14. The van der Waals surface area contributed by atoms with Gasteiger partial charge in [-0.15, -0.1) is 0 Å². The van der Waals surface area contributed by atoms with Crippen molar-refractivity contribution in [2.45, 2.75) is 52.2 Å². The molecule has 0 spiro atoms. The number of benzene rings is 3. The highest BCUT2D eigenvalue weighted by atomic mass is 35.5. The molecule has 0 fully saturated rings. The first kappa shape index (κ1) is 27.6. The zero-order valence-electron chi connectivity index (χ0n) is 20.8. The van der Waals surface area contributed by atoms with Crippen molar-refractivity contribution in [1.29, 1.82) is 0 Å². The average Bonchev–Trinajstić information content (AvgIpc) is 2.88. The first-order valence-electron chi connectivity index (χ1n) is 12.0. The van der Waals surface area contributed by atoms with Crippen LogP contribution in [0.3, 0.4) is 0 Å². The number of carbonyl (C=O) groups excluding carboxylic acids is 2. The van der Waals surface area contributed by atoms with Crippen molar-refractivity contribution < 1.29 is 14.3 Å². The molecule has 2 atom stereocenters. The number of aryl methyl sites for hydroxylation is 1. The molecule has 5 nitrogen and oxygen atoms in total. The molecule has 3 aromatic carbocycles. The summed E-state index contributed by atoms with van der Waals surface area (Å²) in [6.45, 7) is 5.85. The number of nitrogens with one attached hydrogen (secondary N) is 1. The predicted molar refractivity (Wildman–Crippen MR) is 146 cm³/mol. The van der Waals surface area contributed by atoms with Crippen LogP contribution in [0.15, 0.2) is 72.8 Å². The lowest BCUT2D eigenvalue weighted by atomic mass is 10.0. The van der Waals surface area contributed by atoms with E-state index < -0.39 is 6.04 Å². The fourth-order valence-corrected chi connectivity index (χ4v) is 4.09. The lowest BCUT2D eigenvalue weighted by Gasteiger charge is -2.32. The fraction of sp³-hybridized carbons (Fsp3) is 0.310. The maximum atomic E-state index is 13.6. The molecule has 2 amide bonds. The average molecular weight is 527 g/mol. The smallest absolute Gasteiger partial charge is 0.261 e. The van der Waals surface area contributed by atoms with Crippen LogP contribution in [0.4, 0.5) is 0 Å². The van der Waals surface area contributed by atoms with Gasteiger partial charge >= 0.3 is 0 Å². The SMILES string of the molecule is CC[C@@H](C)NC(=O)[C@H](Cc1ccccc1)N(Cc1ccc(Cl)c(Cl)c1)C(=O)COc1ccccc1C. The highest BCUT2D eigenvalue weighted by Gasteiger charge is 2.31. The van der Waals surface area contributed by atoms with Gasteiger partial charge in [0.2, 0.25) is 5.91 Å². The Kier molecular flexibility index (Phi) is 10.2. The summed E-state index contributed by atoms with van der Waals surface area (Å²) in [5, 5.41) is 3.87. The number of para-hydroxylation sites is 1. The van der Waals surface area contributed by atoms with Crippen LogP contribution in [-0.4, -0.2) is 35.4 Å². The largest absolute Gasteiger partial charge is 0.484 e. The number of nitrogens with zero attached hydrogens (tertiary/aromatic N) is 1. The molecular weight excluding hydrogens is 495 g/mol. The number of ether oxygens (including phenoxy) is 1. The van der Waals surface area contributed by atoms with Crippen molar-refractivity contribution in [2.24, 2.45) is 0 Å². The lowest BCUT2D eigenvalue weighted by molar-refractivity contribution is -0.143. The van der Waals surface area contributed by atoms with Crippen LogP contribution in [0.1, 0.15) is 37.0 Å². The van der Waals surface area contributed by atoms with E-state index in [1.807, 2.05) is 81.4 Å². The van der Waals surface area contributed by atoms with Gasteiger partial charge in [0.1, 0.15) is 11.8 Å². The summed E-state index contributed by atoms with van der Waals surface area (Å²) < 4.78 is 5.87. The van der Waals surface area contributed by atoms with Gasteiger partial charge in [-0.1, -0.05) is 84.7 Å². The van der Waals surface area contributed by atoms with E-state index in [0.29, 0.717) is 22.2 Å². The number of halogens is 2. The third-order valence-corrected chi connectivity index (χ3v) is 6.79. The van der Waals surface area contributed by atoms with Crippen LogP contribution in [0, 0.1) is 6.92 Å². The van der Waals surface area contributed by atoms with Crippen LogP contribution in [-0.2, 0) is 22.6 Å². The summed E-state index contributed by atoms with van der Waals surface area (Å²) in [5.41, 5.74) is 2.65. The van der Waals surface area contributed by atoms with Crippen molar-refractivity contribution in [3.63, 3.8) is 0 Å². The normalized spacial score (nSPS) is 12.5. The van der Waals surface area contributed by atoms with E-state index >= 15 is 0 Å². The van der Waals surface area contributed by atoms with Crippen molar-refractivity contribution in [2.75, 3.05) is 6.61 Å². The first-order valence-corrected chi connectivity index (χ1v) is 12.8. The standard InChI is InChI=1S/C29H32Cl2N2O3/c1-4-21(3)32-29(35)26(17-22-11-6-5-7-12-22)33(18-23-14-15-24(30)25(31)16-23)28(34)19-36-27-13-9-8-10-20(27)2/h5-16,21,26H,4,17-19H2,1-3H3,(H,32,35)/t21-,26+/m1/s1. The Morgan fingerprint density at radius 1 is 0.944 bits per heavy atom. The van der Waals surface area contributed by atoms with E-state index in [1.54, 1.807) is 17.0 Å². The summed E-state index contributed by atoms with van der Waals surface area (Å²) >= 11 is 12.4. The minimum absolute atomic E-state index is 0.0269. The van der Waals surface area contributed by atoms with Crippen LogP contribution in [0.5, 0.6) is 5.75 Å². The molecule has 0 bridgehead atoms. The van der Waals surface area contributed by atoms with Gasteiger partial charge in [0, 0.05) is 19.0 Å². The van der Waals surface area contributed by atoms with E-state index in [0.717, 1.165) is 23.1 Å². The molecule has 0 saturated carbocycles. The maximum absolute atomic E-state index is 13.6. The Morgan fingerprint density at radius 3 is 2.31 bits per heavy atom. The topological polar surface area (TPSA) is 58.6 Å². The second-order valence-corrected chi connectivity index (χ2v) is 9.66. The van der Waals surface area contributed by atoms with Gasteiger partial charge in [0.05, 0.1) is 10.0 Å². The molecule has 3 aromatic rings. The summed E-state index contributed by atoms with van der Waals surface area (Å²) in [4.78, 5) is 28.7. The molecular formula is C29H32Cl2N2O3. The number of rotatable bonds is 11. The highest BCUT2D eigenvalue weighted by molar-refractivity contribution is 6.42. The molecule has 0 radical (unpaired) electrons. The van der Waals surface area contributed by atoms with Crippen molar-refractivity contribution >= 4 is 35.0 Å². The van der Waals surface area contributed by atoms with Crippen LogP contribution >= 0.6 is 23.2 Å². The molecule has 0 aliphatic heterocycles. The predicted octanol–water partition coefficient (Wildman–Crippen LogP) is 6.24. The van der Waals surface area contributed by atoms with Gasteiger partial charge in [-0.25, -0.2) is 0 Å². The first-order chi connectivity index (χ1) is 17.3. The minimum Gasteiger partial charge on any atom is -0.484 e. The molecule has 0 saturated heterocycles. The quantitative estimate of drug-likeness (QED) is 0.322. The monoisotopic (exact) mass is 526 g/mol. The number of carbonyl (C=O) groups is 2. The zero-order chi connectivity index (χ0) is 26.1. The molecule has 1 N–H and O–H groups in total. The Labute approximate surface area is 223 Å². The summed E-state index contributed by atoms with van der Waals surface area (Å²) in [5.74, 6) is 0.117. The minimum atomic E-state index is -0.746. The molecule has 7 heteroatoms. The Morgan fingerprint density at radius 2 is 1.64 bits per heavy atom. The molecule has 0 aliphatic rings. The van der Waals surface area contributed by atoms with E-state index in [-0.39, 0.29) is 31.0 Å². The second-order valence-electron chi connectivity index (χ2n) is 8.85. The molecule has 3 rings (SSSR count). The number of hydrogen-bond donors (Lipinski definition) is 1. The van der Waals surface area contributed by atoms with Crippen LogP contribution in [0.2, 0.25) is 10.0 Å². The molecule has 0 unspecified atom stereocenters.